The summed E-state index contributed by atoms with van der Waals surface area (Å²) in [4.78, 5) is 13.8. The summed E-state index contributed by atoms with van der Waals surface area (Å²) in [5, 5.41) is 3.49. The van der Waals surface area contributed by atoms with Crippen molar-refractivity contribution in [3.05, 3.63) is 28.7 Å². The molecule has 1 fully saturated rings. The third-order valence-corrected chi connectivity index (χ3v) is 3.71. The predicted octanol–water partition coefficient (Wildman–Crippen LogP) is 1.32. The van der Waals surface area contributed by atoms with Gasteiger partial charge in [-0.1, -0.05) is 0 Å². The van der Waals surface area contributed by atoms with Crippen LogP contribution in [0.5, 0.6) is 0 Å². The minimum atomic E-state index is -0.312. The van der Waals surface area contributed by atoms with Gasteiger partial charge in [0.2, 0.25) is 0 Å². The van der Waals surface area contributed by atoms with Gasteiger partial charge in [0.1, 0.15) is 0 Å². The molecule has 1 aromatic heterocycles. The highest BCUT2D eigenvalue weighted by Crippen LogP contribution is 2.24. The van der Waals surface area contributed by atoms with Gasteiger partial charge in [-0.3, -0.25) is 4.57 Å². The van der Waals surface area contributed by atoms with E-state index in [1.807, 2.05) is 12.1 Å². The van der Waals surface area contributed by atoms with Crippen LogP contribution in [0.15, 0.2) is 27.4 Å². The Bertz CT molecular complexity index is 669. The first-order valence-electron chi connectivity index (χ1n) is 6.56. The number of anilines is 1. The highest BCUT2D eigenvalue weighted by Gasteiger charge is 2.26. The summed E-state index contributed by atoms with van der Waals surface area (Å²) >= 11 is 0. The summed E-state index contributed by atoms with van der Waals surface area (Å²) in [6.07, 6.45) is 0. The number of aromatic nitrogens is 1. The van der Waals surface area contributed by atoms with Gasteiger partial charge in [0, 0.05) is 44.0 Å². The topological polar surface area (TPSA) is 50.4 Å². The van der Waals surface area contributed by atoms with E-state index in [1.54, 1.807) is 7.05 Å². The van der Waals surface area contributed by atoms with Gasteiger partial charge in [0.05, 0.1) is 5.52 Å². The quantitative estimate of drug-likeness (QED) is 0.841. The molecule has 0 unspecified atom stereocenters. The zero-order valence-electron chi connectivity index (χ0n) is 11.6. The van der Waals surface area contributed by atoms with E-state index >= 15 is 0 Å². The fourth-order valence-corrected chi connectivity index (χ4v) is 2.68. The minimum Gasteiger partial charge on any atom is -0.408 e. The summed E-state index contributed by atoms with van der Waals surface area (Å²) in [6.45, 7) is 7.26. The van der Waals surface area contributed by atoms with Gasteiger partial charge in [-0.15, -0.1) is 0 Å². The Morgan fingerprint density at radius 2 is 2.16 bits per heavy atom. The minimum absolute atomic E-state index is 0.102. The van der Waals surface area contributed by atoms with Crippen LogP contribution in [0.25, 0.3) is 11.1 Å². The number of piperazine rings is 1. The van der Waals surface area contributed by atoms with Gasteiger partial charge in [-0.25, -0.2) is 4.79 Å². The van der Waals surface area contributed by atoms with Crippen molar-refractivity contribution < 1.29 is 4.42 Å². The van der Waals surface area contributed by atoms with E-state index < -0.39 is 0 Å². The van der Waals surface area contributed by atoms with Crippen LogP contribution in [0.2, 0.25) is 0 Å². The maximum absolute atomic E-state index is 11.5. The maximum atomic E-state index is 11.5. The first-order chi connectivity index (χ1) is 8.96. The predicted molar refractivity (Wildman–Crippen MR) is 75.7 cm³/mol. The highest BCUT2D eigenvalue weighted by atomic mass is 16.4. The fourth-order valence-electron chi connectivity index (χ4n) is 2.68. The van der Waals surface area contributed by atoms with Crippen LogP contribution in [-0.4, -0.2) is 29.7 Å². The van der Waals surface area contributed by atoms with Gasteiger partial charge >= 0.3 is 5.76 Å². The number of hydrogen-bond acceptors (Lipinski definition) is 4. The molecule has 1 aliphatic rings. The van der Waals surface area contributed by atoms with Gasteiger partial charge in [-0.05, 0) is 26.0 Å². The molecule has 3 rings (SSSR count). The Morgan fingerprint density at radius 1 is 1.37 bits per heavy atom. The zero-order valence-corrected chi connectivity index (χ0v) is 11.6. The van der Waals surface area contributed by atoms with Crippen molar-refractivity contribution in [2.24, 2.45) is 7.05 Å². The van der Waals surface area contributed by atoms with Gasteiger partial charge < -0.3 is 14.6 Å². The lowest BCUT2D eigenvalue weighted by Gasteiger charge is -2.40. The third kappa shape index (κ3) is 2.14. The molecule has 19 heavy (non-hydrogen) atoms. The van der Waals surface area contributed by atoms with Crippen LogP contribution in [-0.2, 0) is 7.05 Å². The molecule has 0 amide bonds. The van der Waals surface area contributed by atoms with E-state index in [9.17, 15) is 4.79 Å². The molecule has 1 saturated heterocycles. The van der Waals surface area contributed by atoms with Crippen molar-refractivity contribution in [3.8, 4) is 0 Å². The first kappa shape index (κ1) is 12.3. The molecule has 0 saturated carbocycles. The number of nitrogens with one attached hydrogen (secondary N) is 1. The molecule has 2 aromatic rings. The van der Waals surface area contributed by atoms with Gasteiger partial charge in [0.15, 0.2) is 5.58 Å². The van der Waals surface area contributed by atoms with Crippen molar-refractivity contribution in [2.75, 3.05) is 24.5 Å². The average Bonchev–Trinajstić information content (AvgIpc) is 2.63. The average molecular weight is 261 g/mol. The molecule has 2 heterocycles. The largest absolute Gasteiger partial charge is 0.419 e. The number of rotatable bonds is 1. The van der Waals surface area contributed by atoms with Gasteiger partial charge in [-0.2, -0.15) is 0 Å². The molecule has 1 aromatic carbocycles. The second-order valence-corrected chi connectivity index (χ2v) is 5.81. The lowest BCUT2D eigenvalue weighted by molar-refractivity contribution is 0.353. The molecule has 0 atom stereocenters. The summed E-state index contributed by atoms with van der Waals surface area (Å²) in [6, 6.07) is 5.96. The summed E-state index contributed by atoms with van der Waals surface area (Å²) < 4.78 is 6.78. The fraction of sp³-hybridized carbons (Fsp3) is 0.500. The Morgan fingerprint density at radius 3 is 2.89 bits per heavy atom. The van der Waals surface area contributed by atoms with Crippen molar-refractivity contribution in [2.45, 2.75) is 19.4 Å². The van der Waals surface area contributed by atoms with E-state index in [0.29, 0.717) is 5.58 Å². The maximum Gasteiger partial charge on any atom is 0.419 e. The second kappa shape index (κ2) is 4.13. The Hall–Kier alpha value is -1.75. The number of nitrogens with zero attached hydrogens (tertiary/aromatic N) is 2. The van der Waals surface area contributed by atoms with E-state index in [-0.39, 0.29) is 11.3 Å². The van der Waals surface area contributed by atoms with Crippen LogP contribution >= 0.6 is 0 Å². The van der Waals surface area contributed by atoms with E-state index in [0.717, 1.165) is 30.8 Å². The smallest absolute Gasteiger partial charge is 0.408 e. The van der Waals surface area contributed by atoms with Gasteiger partial charge in [0.25, 0.3) is 0 Å². The lowest BCUT2D eigenvalue weighted by atomic mass is 10.0. The number of fused-ring (bicyclic) bond motifs is 1. The molecule has 102 valence electrons. The molecule has 5 heteroatoms. The van der Waals surface area contributed by atoms with Crippen LogP contribution < -0.4 is 16.0 Å². The Kier molecular flexibility index (Phi) is 2.67. The standard InChI is InChI=1S/C14H19N3O2/c1-14(2)9-17(7-6-15-14)10-4-5-11-12(8-10)19-13(18)16(11)3/h4-5,8,15H,6-7,9H2,1-3H3. The SMILES string of the molecule is Cn1c(=O)oc2cc(N3CCNC(C)(C)C3)ccc21. The summed E-state index contributed by atoms with van der Waals surface area (Å²) in [5.41, 5.74) is 2.70. The summed E-state index contributed by atoms with van der Waals surface area (Å²) in [7, 11) is 1.72. The molecular formula is C14H19N3O2. The molecule has 0 aliphatic carbocycles. The Balaban J connectivity index is 1.99. The zero-order chi connectivity index (χ0) is 13.6. The van der Waals surface area contributed by atoms with Crippen molar-refractivity contribution in [1.29, 1.82) is 0 Å². The van der Waals surface area contributed by atoms with Crippen LogP contribution in [0.1, 0.15) is 13.8 Å². The molecule has 0 radical (unpaired) electrons. The lowest BCUT2D eigenvalue weighted by Crippen LogP contribution is -2.57. The third-order valence-electron chi connectivity index (χ3n) is 3.71. The molecule has 0 bridgehead atoms. The number of aryl methyl sites for hydroxylation is 1. The number of hydrogen-bond donors (Lipinski definition) is 1. The molecule has 1 N–H and O–H groups in total. The molecule has 0 spiro atoms. The summed E-state index contributed by atoms with van der Waals surface area (Å²) in [5.74, 6) is -0.312. The molecular weight excluding hydrogens is 242 g/mol. The molecule has 5 nitrogen and oxygen atoms in total. The van der Waals surface area contributed by atoms with Crippen LogP contribution in [0, 0.1) is 0 Å². The number of oxazole rings is 1. The first-order valence-corrected chi connectivity index (χ1v) is 6.56. The van der Waals surface area contributed by atoms with E-state index in [2.05, 4.69) is 30.1 Å². The van der Waals surface area contributed by atoms with E-state index in [1.165, 1.54) is 4.57 Å². The number of benzene rings is 1. The van der Waals surface area contributed by atoms with Crippen molar-refractivity contribution in [3.63, 3.8) is 0 Å². The van der Waals surface area contributed by atoms with Crippen LogP contribution in [0.3, 0.4) is 0 Å². The Labute approximate surface area is 111 Å². The van der Waals surface area contributed by atoms with Crippen molar-refractivity contribution in [1.82, 2.24) is 9.88 Å². The second-order valence-electron chi connectivity index (χ2n) is 5.81. The van der Waals surface area contributed by atoms with E-state index in [4.69, 9.17) is 4.42 Å². The monoisotopic (exact) mass is 261 g/mol. The normalized spacial score (nSPS) is 19.0. The molecule has 1 aliphatic heterocycles. The van der Waals surface area contributed by atoms with Crippen LogP contribution in [0.4, 0.5) is 5.69 Å². The van der Waals surface area contributed by atoms with Crippen molar-refractivity contribution >= 4 is 16.8 Å². The highest BCUT2D eigenvalue weighted by molar-refractivity contribution is 5.77.